The van der Waals surface area contributed by atoms with Crippen LogP contribution in [0.4, 0.5) is 0 Å². The lowest BCUT2D eigenvalue weighted by Crippen LogP contribution is -1.97. The van der Waals surface area contributed by atoms with Crippen molar-refractivity contribution in [2.45, 2.75) is 13.0 Å². The van der Waals surface area contributed by atoms with E-state index in [-0.39, 0.29) is 6.10 Å². The summed E-state index contributed by atoms with van der Waals surface area (Å²) in [5.41, 5.74) is 1.21. The summed E-state index contributed by atoms with van der Waals surface area (Å²) in [6.07, 6.45) is 0.0674. The van der Waals surface area contributed by atoms with Crippen molar-refractivity contribution >= 4 is 21.3 Å². The Hall–Kier alpha value is -1.12. The van der Waals surface area contributed by atoms with Gasteiger partial charge in [-0.25, -0.2) is 0 Å². The van der Waals surface area contributed by atoms with E-state index in [0.29, 0.717) is 0 Å². The molecular weight excluding hydrogens is 188 g/mol. The molecule has 2 rings (SSSR count). The average Bonchev–Trinajstić information content (AvgIpc) is 2.27. The van der Waals surface area contributed by atoms with Crippen LogP contribution in [-0.2, 0) is 4.43 Å². The summed E-state index contributed by atoms with van der Waals surface area (Å²) in [6.45, 7) is 2.02. The monoisotopic (exact) mass is 199 g/mol. The summed E-state index contributed by atoms with van der Waals surface area (Å²) in [5, 5.41) is 2.50. The lowest BCUT2D eigenvalue weighted by atomic mass is 10.0. The van der Waals surface area contributed by atoms with Crippen LogP contribution in [-0.4, -0.2) is 10.5 Å². The van der Waals surface area contributed by atoms with Gasteiger partial charge in [-0.3, -0.25) is 0 Å². The van der Waals surface area contributed by atoms with Crippen LogP contribution in [0.2, 0.25) is 0 Å². The fraction of sp³-hybridized carbons (Fsp3) is 0.167. The maximum Gasteiger partial charge on any atom is 0.247 e. The zero-order chi connectivity index (χ0) is 9.97. The molecule has 0 aromatic heterocycles. The van der Waals surface area contributed by atoms with Crippen molar-refractivity contribution in [2.75, 3.05) is 0 Å². The van der Waals surface area contributed by atoms with Gasteiger partial charge >= 0.3 is 0 Å². The molecule has 0 saturated heterocycles. The molecule has 3 radical (unpaired) electrons. The Morgan fingerprint density at radius 3 is 2.57 bits per heavy atom. The van der Waals surface area contributed by atoms with Crippen LogP contribution in [0.1, 0.15) is 18.6 Å². The Balaban J connectivity index is 2.65. The predicted molar refractivity (Wildman–Crippen MR) is 59.2 cm³/mol. The van der Waals surface area contributed by atoms with E-state index < -0.39 is 0 Å². The third-order valence-electron chi connectivity index (χ3n) is 2.44. The molecule has 0 aliphatic rings. The molecule has 2 aromatic carbocycles. The molecule has 0 heterocycles. The highest BCUT2D eigenvalue weighted by Gasteiger charge is 2.06. The molecule has 0 aliphatic carbocycles. The third kappa shape index (κ3) is 1.58. The van der Waals surface area contributed by atoms with E-state index in [1.165, 1.54) is 16.3 Å². The summed E-state index contributed by atoms with van der Waals surface area (Å²) in [5.74, 6) is 0. The molecule has 2 heteroatoms. The number of hydrogen-bond donors (Lipinski definition) is 0. The molecule has 0 amide bonds. The van der Waals surface area contributed by atoms with Gasteiger partial charge < -0.3 is 4.43 Å². The molecule has 0 spiro atoms. The van der Waals surface area contributed by atoms with Crippen LogP contribution < -0.4 is 0 Å². The minimum atomic E-state index is 0.0674. The van der Waals surface area contributed by atoms with Crippen LogP contribution in [0.15, 0.2) is 42.5 Å². The average molecular weight is 199 g/mol. The van der Waals surface area contributed by atoms with E-state index in [0.717, 1.165) is 0 Å². The van der Waals surface area contributed by atoms with Crippen LogP contribution in [0.5, 0.6) is 0 Å². The largest absolute Gasteiger partial charge is 0.412 e. The molecule has 2 aromatic rings. The zero-order valence-electron chi connectivity index (χ0n) is 8.03. The maximum atomic E-state index is 5.15. The minimum absolute atomic E-state index is 0.0674. The van der Waals surface area contributed by atoms with E-state index in [1.54, 1.807) is 0 Å². The Morgan fingerprint density at radius 1 is 1.07 bits per heavy atom. The highest BCUT2D eigenvalue weighted by molar-refractivity contribution is 5.98. The standard InChI is InChI=1S/C12H11OSi/c1-9(13-14)11-8-4-6-10-5-2-3-7-12(10)11/h2-9H,1H3. The van der Waals surface area contributed by atoms with E-state index in [9.17, 15) is 0 Å². The van der Waals surface area contributed by atoms with Crippen molar-refractivity contribution in [1.82, 2.24) is 0 Å². The molecule has 0 fully saturated rings. The Bertz CT molecular complexity index is 434. The summed E-state index contributed by atoms with van der Waals surface area (Å²) in [6, 6.07) is 14.6. The van der Waals surface area contributed by atoms with Gasteiger partial charge in [0.1, 0.15) is 0 Å². The molecular formula is C12H11OSi. The van der Waals surface area contributed by atoms with Crippen molar-refractivity contribution < 1.29 is 4.43 Å². The van der Waals surface area contributed by atoms with Gasteiger partial charge in [-0.2, -0.15) is 0 Å². The fourth-order valence-corrected chi connectivity index (χ4v) is 1.80. The summed E-state index contributed by atoms with van der Waals surface area (Å²) < 4.78 is 5.15. The Labute approximate surface area is 87.3 Å². The first-order valence-corrected chi connectivity index (χ1v) is 5.04. The summed E-state index contributed by atoms with van der Waals surface area (Å²) >= 11 is 0. The van der Waals surface area contributed by atoms with Crippen LogP contribution in [0, 0.1) is 0 Å². The van der Waals surface area contributed by atoms with Gasteiger partial charge in [0.05, 0.1) is 6.10 Å². The van der Waals surface area contributed by atoms with Gasteiger partial charge in [0.15, 0.2) is 0 Å². The van der Waals surface area contributed by atoms with Crippen LogP contribution in [0.25, 0.3) is 10.8 Å². The lowest BCUT2D eigenvalue weighted by Gasteiger charge is -2.12. The van der Waals surface area contributed by atoms with Gasteiger partial charge in [-0.15, -0.1) is 0 Å². The second-order valence-corrected chi connectivity index (χ2v) is 3.56. The van der Waals surface area contributed by atoms with E-state index in [2.05, 4.69) is 40.8 Å². The van der Waals surface area contributed by atoms with Crippen molar-refractivity contribution in [2.24, 2.45) is 0 Å². The molecule has 0 aliphatic heterocycles. The Morgan fingerprint density at radius 2 is 1.79 bits per heavy atom. The van der Waals surface area contributed by atoms with E-state index in [1.807, 2.05) is 19.1 Å². The minimum Gasteiger partial charge on any atom is -0.412 e. The number of rotatable bonds is 2. The second-order valence-electron chi connectivity index (χ2n) is 3.33. The molecule has 69 valence electrons. The fourth-order valence-electron chi connectivity index (χ4n) is 1.67. The number of hydrogen-bond acceptors (Lipinski definition) is 1. The Kier molecular flexibility index (Phi) is 2.66. The molecule has 14 heavy (non-hydrogen) atoms. The molecule has 0 N–H and O–H groups in total. The van der Waals surface area contributed by atoms with Crippen molar-refractivity contribution in [3.8, 4) is 0 Å². The first-order valence-electron chi connectivity index (χ1n) is 4.63. The van der Waals surface area contributed by atoms with E-state index >= 15 is 0 Å². The van der Waals surface area contributed by atoms with Gasteiger partial charge in [-0.05, 0) is 23.3 Å². The van der Waals surface area contributed by atoms with E-state index in [4.69, 9.17) is 4.43 Å². The van der Waals surface area contributed by atoms with Crippen LogP contribution >= 0.6 is 0 Å². The molecule has 0 saturated carbocycles. The van der Waals surface area contributed by atoms with Gasteiger partial charge in [0, 0.05) is 0 Å². The highest BCUT2D eigenvalue weighted by atomic mass is 28.2. The normalized spacial score (nSPS) is 13.0. The maximum absolute atomic E-state index is 5.15. The molecule has 1 unspecified atom stereocenters. The lowest BCUT2D eigenvalue weighted by molar-refractivity contribution is 0.252. The number of fused-ring (bicyclic) bond motifs is 1. The van der Waals surface area contributed by atoms with Crippen LogP contribution in [0.3, 0.4) is 0 Å². The zero-order valence-corrected chi connectivity index (χ0v) is 9.03. The molecule has 0 bridgehead atoms. The van der Waals surface area contributed by atoms with Gasteiger partial charge in [0.25, 0.3) is 0 Å². The smallest absolute Gasteiger partial charge is 0.247 e. The van der Waals surface area contributed by atoms with Crippen molar-refractivity contribution in [3.63, 3.8) is 0 Å². The van der Waals surface area contributed by atoms with Gasteiger partial charge in [0.2, 0.25) is 10.5 Å². The van der Waals surface area contributed by atoms with Crippen molar-refractivity contribution in [1.29, 1.82) is 0 Å². The highest BCUT2D eigenvalue weighted by Crippen LogP contribution is 2.25. The number of benzene rings is 2. The predicted octanol–water partition coefficient (Wildman–Crippen LogP) is 3.00. The first kappa shape index (κ1) is 9.43. The topological polar surface area (TPSA) is 9.23 Å². The summed E-state index contributed by atoms with van der Waals surface area (Å²) in [4.78, 5) is 0. The molecule has 1 nitrogen and oxygen atoms in total. The van der Waals surface area contributed by atoms with Crippen molar-refractivity contribution in [3.05, 3.63) is 48.0 Å². The SMILES string of the molecule is CC(O[Si])c1cccc2ccccc12. The second kappa shape index (κ2) is 3.94. The summed E-state index contributed by atoms with van der Waals surface area (Å²) in [7, 11) is 3.09. The third-order valence-corrected chi connectivity index (χ3v) is 2.79. The molecule has 1 atom stereocenters. The van der Waals surface area contributed by atoms with Gasteiger partial charge in [-0.1, -0.05) is 42.5 Å². The quantitative estimate of drug-likeness (QED) is 0.676. The first-order chi connectivity index (χ1) is 6.83.